The van der Waals surface area contributed by atoms with Gasteiger partial charge in [0.25, 0.3) is 0 Å². The van der Waals surface area contributed by atoms with Gasteiger partial charge in [0, 0.05) is 5.56 Å². The smallest absolute Gasteiger partial charge is 0.298 e. The molecule has 82 valence electrons. The predicted molar refractivity (Wildman–Crippen MR) is 54.3 cm³/mol. The molecule has 0 saturated heterocycles. The molecule has 0 aromatic heterocycles. The van der Waals surface area contributed by atoms with E-state index in [4.69, 9.17) is 0 Å². The number of aryl methyl sites for hydroxylation is 2. The topological polar surface area (TPSA) is 51.2 Å². The molecule has 3 nitrogen and oxygen atoms in total. The van der Waals surface area contributed by atoms with Crippen molar-refractivity contribution < 1.29 is 17.1 Å². The van der Waals surface area contributed by atoms with E-state index in [1.807, 2.05) is 0 Å². The van der Waals surface area contributed by atoms with Crippen LogP contribution in [-0.2, 0) is 10.2 Å². The molecule has 15 heavy (non-hydrogen) atoms. The summed E-state index contributed by atoms with van der Waals surface area (Å²) >= 11 is 0. The molecule has 0 bridgehead atoms. The van der Waals surface area contributed by atoms with Crippen LogP contribution >= 0.6 is 0 Å². The van der Waals surface area contributed by atoms with Crippen molar-refractivity contribution in [1.29, 1.82) is 0 Å². The summed E-state index contributed by atoms with van der Waals surface area (Å²) in [5.41, 5.74) is 1.37. The zero-order valence-corrected chi connectivity index (χ0v) is 9.48. The number of benzene rings is 1. The van der Waals surface area contributed by atoms with E-state index >= 15 is 0 Å². The van der Waals surface area contributed by atoms with E-state index in [2.05, 4.69) is 0 Å². The second-order valence-electron chi connectivity index (χ2n) is 3.43. The molecule has 0 amide bonds. The molecule has 0 aliphatic heterocycles. The fourth-order valence-corrected chi connectivity index (χ4v) is 2.66. The number of hydrogen-bond acceptors (Lipinski definition) is 3. The maximum Gasteiger partial charge on any atom is 0.332 e. The number of hydrogen-bond donors (Lipinski definition) is 0. The average molecular weight is 229 g/mol. The third-order valence-corrected chi connectivity index (χ3v) is 3.44. The van der Waals surface area contributed by atoms with E-state index in [9.17, 15) is 17.1 Å². The maximum absolute atomic E-state index is 12.9. The summed E-state index contributed by atoms with van der Waals surface area (Å²) in [6.45, 7) is 4.61. The average Bonchev–Trinajstić information content (AvgIpc) is 2.00. The van der Waals surface area contributed by atoms with Crippen molar-refractivity contribution in [3.05, 3.63) is 28.3 Å². The van der Waals surface area contributed by atoms with Gasteiger partial charge in [0.05, 0.1) is 0 Å². The molecular formula is C10H11FO3S. The molecule has 0 spiro atoms. The van der Waals surface area contributed by atoms with Gasteiger partial charge in [-0.2, -0.15) is 8.42 Å². The molecule has 0 unspecified atom stereocenters. The van der Waals surface area contributed by atoms with Crippen LogP contribution in [0.25, 0.3) is 0 Å². The summed E-state index contributed by atoms with van der Waals surface area (Å²) in [7, 11) is -4.77. The Balaban J connectivity index is 3.76. The highest BCUT2D eigenvalue weighted by molar-refractivity contribution is 7.86. The van der Waals surface area contributed by atoms with Gasteiger partial charge in [0.2, 0.25) is 0 Å². The molecule has 0 saturated carbocycles. The van der Waals surface area contributed by atoms with E-state index in [1.165, 1.54) is 19.9 Å². The van der Waals surface area contributed by atoms with Crippen molar-refractivity contribution in [3.8, 4) is 0 Å². The van der Waals surface area contributed by atoms with Crippen molar-refractivity contribution >= 4 is 16.5 Å². The van der Waals surface area contributed by atoms with Gasteiger partial charge in [-0.15, -0.1) is 3.89 Å². The molecule has 0 N–H and O–H groups in total. The summed E-state index contributed by atoms with van der Waals surface area (Å²) in [6, 6.07) is 1.49. The van der Waals surface area contributed by atoms with Crippen molar-refractivity contribution in [2.75, 3.05) is 0 Å². The van der Waals surface area contributed by atoms with Gasteiger partial charge in [-0.1, -0.05) is 6.07 Å². The molecule has 1 aromatic rings. The predicted octanol–water partition coefficient (Wildman–Crippen LogP) is 2.08. The summed E-state index contributed by atoms with van der Waals surface area (Å²) in [5, 5.41) is 0. The fourth-order valence-electron chi connectivity index (χ4n) is 1.74. The van der Waals surface area contributed by atoms with Crippen molar-refractivity contribution in [3.63, 3.8) is 0 Å². The molecule has 5 heteroatoms. The first-order valence-corrected chi connectivity index (χ1v) is 5.68. The highest BCUT2D eigenvalue weighted by Gasteiger charge is 2.21. The van der Waals surface area contributed by atoms with Crippen LogP contribution in [0.5, 0.6) is 0 Å². The van der Waals surface area contributed by atoms with Gasteiger partial charge in [-0.25, -0.2) is 0 Å². The number of carbonyl (C=O) groups excluding carboxylic acids is 1. The van der Waals surface area contributed by atoms with Crippen molar-refractivity contribution in [1.82, 2.24) is 0 Å². The largest absolute Gasteiger partial charge is 0.332 e. The van der Waals surface area contributed by atoms with Crippen LogP contribution in [0.2, 0.25) is 0 Å². The molecule has 0 aliphatic rings. The minimum Gasteiger partial charge on any atom is -0.298 e. The molecule has 0 radical (unpaired) electrons. The zero-order valence-electron chi connectivity index (χ0n) is 8.67. The normalized spacial score (nSPS) is 11.5. The lowest BCUT2D eigenvalue weighted by Gasteiger charge is -2.10. The molecular weight excluding hydrogens is 218 g/mol. The summed E-state index contributed by atoms with van der Waals surface area (Å²) in [5.74, 6) is 0. The first kappa shape index (κ1) is 11.8. The highest BCUT2D eigenvalue weighted by Crippen LogP contribution is 2.26. The number of halogens is 1. The van der Waals surface area contributed by atoms with E-state index in [0.717, 1.165) is 0 Å². The van der Waals surface area contributed by atoms with Crippen LogP contribution in [0.15, 0.2) is 11.0 Å². The Kier molecular flexibility index (Phi) is 2.95. The first-order chi connectivity index (χ1) is 6.79. The lowest BCUT2D eigenvalue weighted by atomic mass is 10.0. The zero-order chi connectivity index (χ0) is 11.8. The highest BCUT2D eigenvalue weighted by atomic mass is 32.2. The third kappa shape index (κ3) is 2.07. The van der Waals surface area contributed by atoms with Crippen LogP contribution in [0.3, 0.4) is 0 Å². The van der Waals surface area contributed by atoms with Gasteiger partial charge >= 0.3 is 10.2 Å². The quantitative estimate of drug-likeness (QED) is 0.576. The Morgan fingerprint density at radius 1 is 1.20 bits per heavy atom. The number of rotatable bonds is 2. The molecule has 1 rings (SSSR count). The number of aldehydes is 1. The van der Waals surface area contributed by atoms with Crippen molar-refractivity contribution in [2.24, 2.45) is 0 Å². The lowest BCUT2D eigenvalue weighted by Crippen LogP contribution is -2.04. The summed E-state index contributed by atoms with van der Waals surface area (Å²) in [4.78, 5) is 10.3. The van der Waals surface area contributed by atoms with Crippen LogP contribution in [0, 0.1) is 20.8 Å². The van der Waals surface area contributed by atoms with Gasteiger partial charge < -0.3 is 0 Å². The van der Waals surface area contributed by atoms with Gasteiger partial charge in [-0.3, -0.25) is 4.79 Å². The second-order valence-corrected chi connectivity index (χ2v) is 4.72. The van der Waals surface area contributed by atoms with Crippen LogP contribution in [0.4, 0.5) is 3.89 Å². The Labute approximate surface area is 88.1 Å². The molecule has 0 aliphatic carbocycles. The Hall–Kier alpha value is -1.23. The third-order valence-electron chi connectivity index (χ3n) is 2.32. The van der Waals surface area contributed by atoms with E-state index in [-0.39, 0.29) is 11.1 Å². The van der Waals surface area contributed by atoms with Crippen LogP contribution in [-0.4, -0.2) is 14.7 Å². The van der Waals surface area contributed by atoms with E-state index < -0.39 is 15.1 Å². The summed E-state index contributed by atoms with van der Waals surface area (Å²) in [6.07, 6.45) is 0.540. The fraction of sp³-hybridized carbons (Fsp3) is 0.300. The molecule has 1 aromatic carbocycles. The molecule has 0 atom stereocenters. The van der Waals surface area contributed by atoms with E-state index in [1.54, 1.807) is 6.92 Å². The SMILES string of the molecule is Cc1cc(C)c(S(=O)(=O)[18F])c(C)c1C=O. The monoisotopic (exact) mass is 229 g/mol. The lowest BCUT2D eigenvalue weighted by molar-refractivity contribution is 0.112. The maximum atomic E-state index is 12.9. The Bertz CT molecular complexity index is 518. The first-order valence-electron chi connectivity index (χ1n) is 4.29. The second kappa shape index (κ2) is 3.73. The minimum atomic E-state index is -4.77. The van der Waals surface area contributed by atoms with Crippen LogP contribution < -0.4 is 0 Å². The van der Waals surface area contributed by atoms with Gasteiger partial charge in [0.1, 0.15) is 4.90 Å². The molecule has 0 heterocycles. The number of carbonyl (C=O) groups is 1. The van der Waals surface area contributed by atoms with Gasteiger partial charge in [-0.05, 0) is 37.5 Å². The Morgan fingerprint density at radius 2 is 1.73 bits per heavy atom. The van der Waals surface area contributed by atoms with Gasteiger partial charge in [0.15, 0.2) is 6.29 Å². The molecule has 0 fully saturated rings. The van der Waals surface area contributed by atoms with Crippen LogP contribution in [0.1, 0.15) is 27.0 Å². The summed E-state index contributed by atoms with van der Waals surface area (Å²) < 4.78 is 34.7. The minimum absolute atomic E-state index is 0.171. The van der Waals surface area contributed by atoms with E-state index in [0.29, 0.717) is 17.4 Å². The Morgan fingerprint density at radius 3 is 2.13 bits per heavy atom. The van der Waals surface area contributed by atoms with Crippen molar-refractivity contribution in [2.45, 2.75) is 25.7 Å². The standard InChI is InChI=1S/C10H11FO3S/c1-6-4-7(2)10(15(11,13)14)8(3)9(6)5-12/h4-5H,1-3H3/i11-1.